The van der Waals surface area contributed by atoms with Gasteiger partial charge >= 0.3 is 0 Å². The molecule has 1 heteroatoms. The highest BCUT2D eigenvalue weighted by Crippen LogP contribution is 2.29. The van der Waals surface area contributed by atoms with E-state index in [-0.39, 0.29) is 0 Å². The second kappa shape index (κ2) is 3.36. The average molecular weight is 231 g/mol. The third-order valence-electron chi connectivity index (χ3n) is 3.62. The second-order valence-electron chi connectivity index (χ2n) is 4.92. The first-order valence-electron chi connectivity index (χ1n) is 6.22. The van der Waals surface area contributed by atoms with Gasteiger partial charge in [0.25, 0.3) is 0 Å². The molecule has 0 atom stereocenters. The predicted octanol–water partition coefficient (Wildman–Crippen LogP) is 4.78. The van der Waals surface area contributed by atoms with Crippen LogP contribution in [0.2, 0.25) is 0 Å². The molecule has 0 amide bonds. The normalized spacial score (nSPS) is 11.6. The molecule has 86 valence electrons. The molecule has 0 unspecified atom stereocenters. The van der Waals surface area contributed by atoms with Crippen LogP contribution < -0.4 is 0 Å². The molecular formula is C17H13N. The zero-order chi connectivity index (χ0) is 12.1. The van der Waals surface area contributed by atoms with E-state index < -0.39 is 0 Å². The Morgan fingerprint density at radius 2 is 1.44 bits per heavy atom. The maximum absolute atomic E-state index is 3.51. The lowest BCUT2D eigenvalue weighted by molar-refractivity contribution is 1.47. The molecule has 0 aliphatic rings. The Balaban J connectivity index is 2.23. The van der Waals surface area contributed by atoms with Gasteiger partial charge < -0.3 is 4.98 Å². The number of fused-ring (bicyclic) bond motifs is 4. The van der Waals surface area contributed by atoms with Crippen LogP contribution >= 0.6 is 0 Å². The Labute approximate surface area is 105 Å². The highest BCUT2D eigenvalue weighted by Gasteiger charge is 2.05. The summed E-state index contributed by atoms with van der Waals surface area (Å²) in [5.74, 6) is 0. The van der Waals surface area contributed by atoms with Gasteiger partial charge in [-0.3, -0.25) is 0 Å². The van der Waals surface area contributed by atoms with E-state index in [1.54, 1.807) is 0 Å². The molecule has 0 saturated carbocycles. The standard InChI is InChI=1S/C17H13N/c1-11-6-7-14-15-9-12-4-2-3-5-13(12)10-17(15)18-16(14)8-11/h2-10,18H,1H3. The van der Waals surface area contributed by atoms with Crippen molar-refractivity contribution in [2.75, 3.05) is 0 Å². The Kier molecular flexibility index (Phi) is 1.81. The summed E-state index contributed by atoms with van der Waals surface area (Å²) in [7, 11) is 0. The predicted molar refractivity (Wildman–Crippen MR) is 78.0 cm³/mol. The van der Waals surface area contributed by atoms with Crippen molar-refractivity contribution in [2.24, 2.45) is 0 Å². The van der Waals surface area contributed by atoms with Gasteiger partial charge in [0.2, 0.25) is 0 Å². The Morgan fingerprint density at radius 1 is 0.722 bits per heavy atom. The molecule has 0 radical (unpaired) electrons. The van der Waals surface area contributed by atoms with E-state index in [9.17, 15) is 0 Å². The number of aromatic amines is 1. The van der Waals surface area contributed by atoms with E-state index >= 15 is 0 Å². The molecule has 0 saturated heterocycles. The van der Waals surface area contributed by atoms with Crippen LogP contribution in [0, 0.1) is 6.92 Å². The summed E-state index contributed by atoms with van der Waals surface area (Å²) in [6, 6.07) is 19.6. The molecule has 0 aliphatic heterocycles. The lowest BCUT2D eigenvalue weighted by Gasteiger charge is -1.98. The van der Waals surface area contributed by atoms with Crippen molar-refractivity contribution in [3.63, 3.8) is 0 Å². The van der Waals surface area contributed by atoms with Crippen LogP contribution in [0.25, 0.3) is 32.6 Å². The molecule has 4 rings (SSSR count). The molecule has 0 bridgehead atoms. The van der Waals surface area contributed by atoms with Crippen LogP contribution in [0.4, 0.5) is 0 Å². The molecular weight excluding hydrogens is 218 g/mol. The summed E-state index contributed by atoms with van der Waals surface area (Å²) in [5, 5.41) is 5.20. The summed E-state index contributed by atoms with van der Waals surface area (Å²) in [6.07, 6.45) is 0. The van der Waals surface area contributed by atoms with Crippen molar-refractivity contribution in [2.45, 2.75) is 6.92 Å². The van der Waals surface area contributed by atoms with Gasteiger partial charge in [-0.15, -0.1) is 0 Å². The third-order valence-corrected chi connectivity index (χ3v) is 3.62. The Morgan fingerprint density at radius 3 is 2.28 bits per heavy atom. The molecule has 0 spiro atoms. The molecule has 0 aliphatic carbocycles. The number of aromatic nitrogens is 1. The number of hydrogen-bond acceptors (Lipinski definition) is 0. The van der Waals surface area contributed by atoms with Gasteiger partial charge in [-0.2, -0.15) is 0 Å². The summed E-state index contributed by atoms with van der Waals surface area (Å²) >= 11 is 0. The maximum Gasteiger partial charge on any atom is 0.0471 e. The monoisotopic (exact) mass is 231 g/mol. The SMILES string of the molecule is Cc1ccc2c(c1)[nH]c1cc3ccccc3cc12. The van der Waals surface area contributed by atoms with E-state index in [2.05, 4.69) is 66.5 Å². The van der Waals surface area contributed by atoms with Crippen molar-refractivity contribution in [1.82, 2.24) is 4.98 Å². The lowest BCUT2D eigenvalue weighted by atomic mass is 10.1. The maximum atomic E-state index is 3.51. The lowest BCUT2D eigenvalue weighted by Crippen LogP contribution is -1.72. The van der Waals surface area contributed by atoms with Gasteiger partial charge in [-0.05, 0) is 41.5 Å². The van der Waals surface area contributed by atoms with Crippen LogP contribution in [0.1, 0.15) is 5.56 Å². The highest BCUT2D eigenvalue weighted by atomic mass is 14.7. The Hall–Kier alpha value is -2.28. The smallest absolute Gasteiger partial charge is 0.0471 e. The summed E-state index contributed by atoms with van der Waals surface area (Å²) in [4.78, 5) is 3.51. The van der Waals surface area contributed by atoms with Gasteiger partial charge in [0.1, 0.15) is 0 Å². The fourth-order valence-electron chi connectivity index (χ4n) is 2.71. The number of benzene rings is 3. The zero-order valence-electron chi connectivity index (χ0n) is 10.2. The minimum absolute atomic E-state index is 1.22. The van der Waals surface area contributed by atoms with E-state index in [0.717, 1.165) is 0 Å². The number of H-pyrrole nitrogens is 1. The number of hydrogen-bond donors (Lipinski definition) is 1. The summed E-state index contributed by atoms with van der Waals surface area (Å²) < 4.78 is 0. The van der Waals surface area contributed by atoms with Crippen LogP contribution in [-0.2, 0) is 0 Å². The summed E-state index contributed by atoms with van der Waals surface area (Å²) in [6.45, 7) is 2.13. The fraction of sp³-hybridized carbons (Fsp3) is 0.0588. The van der Waals surface area contributed by atoms with E-state index in [0.29, 0.717) is 0 Å². The third kappa shape index (κ3) is 1.28. The molecule has 0 fully saturated rings. The van der Waals surface area contributed by atoms with Gasteiger partial charge in [0.15, 0.2) is 0 Å². The van der Waals surface area contributed by atoms with E-state index in [4.69, 9.17) is 0 Å². The largest absolute Gasteiger partial charge is 0.354 e. The zero-order valence-corrected chi connectivity index (χ0v) is 10.2. The molecule has 1 nitrogen and oxygen atoms in total. The molecule has 1 heterocycles. The van der Waals surface area contributed by atoms with E-state index in [1.807, 2.05) is 0 Å². The second-order valence-corrected chi connectivity index (χ2v) is 4.92. The van der Waals surface area contributed by atoms with E-state index in [1.165, 1.54) is 38.1 Å². The van der Waals surface area contributed by atoms with Gasteiger partial charge in [-0.1, -0.05) is 36.4 Å². The topological polar surface area (TPSA) is 15.8 Å². The van der Waals surface area contributed by atoms with Crippen molar-refractivity contribution in [3.05, 3.63) is 60.2 Å². The first kappa shape index (κ1) is 9.72. The van der Waals surface area contributed by atoms with Crippen molar-refractivity contribution >= 4 is 32.6 Å². The molecule has 1 aromatic heterocycles. The molecule has 4 aromatic rings. The summed E-state index contributed by atoms with van der Waals surface area (Å²) in [5.41, 5.74) is 3.73. The first-order chi connectivity index (χ1) is 8.81. The average Bonchev–Trinajstić information content (AvgIpc) is 2.72. The van der Waals surface area contributed by atoms with Crippen molar-refractivity contribution < 1.29 is 0 Å². The minimum Gasteiger partial charge on any atom is -0.354 e. The number of aryl methyl sites for hydroxylation is 1. The Bertz CT molecular complexity index is 884. The van der Waals surface area contributed by atoms with Gasteiger partial charge in [0, 0.05) is 21.8 Å². The molecule has 3 aromatic carbocycles. The van der Waals surface area contributed by atoms with Crippen LogP contribution in [-0.4, -0.2) is 4.98 Å². The van der Waals surface area contributed by atoms with Gasteiger partial charge in [-0.25, -0.2) is 0 Å². The quantitative estimate of drug-likeness (QED) is 0.448. The minimum atomic E-state index is 1.22. The van der Waals surface area contributed by atoms with Crippen LogP contribution in [0.5, 0.6) is 0 Å². The highest BCUT2D eigenvalue weighted by molar-refractivity contribution is 6.11. The van der Waals surface area contributed by atoms with Crippen LogP contribution in [0.15, 0.2) is 54.6 Å². The van der Waals surface area contributed by atoms with Gasteiger partial charge in [0.05, 0.1) is 0 Å². The first-order valence-corrected chi connectivity index (χ1v) is 6.22. The van der Waals surface area contributed by atoms with Crippen molar-refractivity contribution in [1.29, 1.82) is 0 Å². The van der Waals surface area contributed by atoms with Crippen molar-refractivity contribution in [3.8, 4) is 0 Å². The van der Waals surface area contributed by atoms with Crippen LogP contribution in [0.3, 0.4) is 0 Å². The molecule has 18 heavy (non-hydrogen) atoms. The number of rotatable bonds is 0. The molecule has 1 N–H and O–H groups in total. The number of nitrogens with one attached hydrogen (secondary N) is 1. The fourth-order valence-corrected chi connectivity index (χ4v) is 2.71.